The van der Waals surface area contributed by atoms with Gasteiger partial charge in [-0.05, 0) is 77.0 Å². The van der Waals surface area contributed by atoms with Gasteiger partial charge < -0.3 is 151 Å². The Morgan fingerprint density at radius 3 is 1.03 bits per heavy atom. The minimum atomic E-state index is -3.67. The van der Waals surface area contributed by atoms with E-state index in [1.807, 2.05) is 0 Å². The summed E-state index contributed by atoms with van der Waals surface area (Å²) >= 11 is 0. The van der Waals surface area contributed by atoms with E-state index in [-0.39, 0.29) is 187 Å². The summed E-state index contributed by atoms with van der Waals surface area (Å²) in [7, 11) is -3.67. The third-order valence-electron chi connectivity index (χ3n) is 19.0. The first-order valence-electron chi connectivity index (χ1n) is 40.5. The average molecular weight is 1690 g/mol. The van der Waals surface area contributed by atoms with Crippen molar-refractivity contribution < 1.29 is 151 Å². The molecule has 0 saturated carbocycles. The second kappa shape index (κ2) is 59.8. The van der Waals surface area contributed by atoms with E-state index in [1.54, 1.807) is 20.8 Å². The molecule has 116 heavy (non-hydrogen) atoms. The van der Waals surface area contributed by atoms with Gasteiger partial charge in [-0.15, -0.1) is 0 Å². The van der Waals surface area contributed by atoms with E-state index >= 15 is 0 Å². The van der Waals surface area contributed by atoms with Gasteiger partial charge in [0, 0.05) is 137 Å². The third-order valence-corrected chi connectivity index (χ3v) is 20.9. The summed E-state index contributed by atoms with van der Waals surface area (Å²) in [5.74, 6) is -4.34. The van der Waals surface area contributed by atoms with Crippen molar-refractivity contribution in [3.8, 4) is 0 Å². The van der Waals surface area contributed by atoms with Gasteiger partial charge in [0.2, 0.25) is 59.1 Å². The molecule has 3 saturated heterocycles. The normalized spacial score (nSPS) is 24.4. The quantitative estimate of drug-likeness (QED) is 0.0203. The van der Waals surface area contributed by atoms with Gasteiger partial charge in [-0.25, -0.2) is 0 Å². The predicted molar refractivity (Wildman–Crippen MR) is 412 cm³/mol. The minimum Gasteiger partial charge on any atom is -0.394 e. The molecule has 0 radical (unpaired) electrons. The monoisotopic (exact) mass is 1690 g/mol. The van der Waals surface area contributed by atoms with Crippen molar-refractivity contribution in [2.75, 3.05) is 132 Å². The Bertz CT molecular complexity index is 2800. The van der Waals surface area contributed by atoms with Crippen LogP contribution in [0.25, 0.3) is 0 Å². The van der Waals surface area contributed by atoms with Crippen LogP contribution in [0.4, 0.5) is 0 Å². The molecule has 3 fully saturated rings. The smallest absolute Gasteiger partial charge is 0.330 e. The number of carbonyl (C=O) groups excluding carboxylic acids is 10. The van der Waals surface area contributed by atoms with Crippen molar-refractivity contribution in [1.29, 1.82) is 0 Å². The van der Waals surface area contributed by atoms with E-state index in [0.717, 1.165) is 6.42 Å². The van der Waals surface area contributed by atoms with Gasteiger partial charge in [0.25, 0.3) is 0 Å². The maximum atomic E-state index is 13.9. The zero-order valence-electron chi connectivity index (χ0n) is 67.9. The Hall–Kier alpha value is -5.87. The van der Waals surface area contributed by atoms with Crippen molar-refractivity contribution in [2.45, 2.75) is 273 Å². The molecule has 20 N–H and O–H groups in total. The predicted octanol–water partition coefficient (Wildman–Crippen LogP) is -4.09. The highest BCUT2D eigenvalue weighted by Gasteiger charge is 2.47. The maximum Gasteiger partial charge on any atom is 0.330 e. The lowest BCUT2D eigenvalue weighted by Crippen LogP contribution is -2.64. The Morgan fingerprint density at radius 2 is 0.672 bits per heavy atom. The van der Waals surface area contributed by atoms with E-state index in [0.29, 0.717) is 83.6 Å². The van der Waals surface area contributed by atoms with Crippen LogP contribution in [-0.4, -0.2) is 339 Å². The average Bonchev–Trinajstić information content (AvgIpc) is 0.813. The largest absolute Gasteiger partial charge is 0.394 e. The van der Waals surface area contributed by atoms with Crippen LogP contribution in [0.15, 0.2) is 0 Å². The van der Waals surface area contributed by atoms with Gasteiger partial charge in [-0.3, -0.25) is 52.5 Å². The molecule has 0 spiro atoms. The van der Waals surface area contributed by atoms with Crippen LogP contribution in [0.5, 0.6) is 0 Å². The number of ether oxygens (including phenoxy) is 9. The topological polar surface area (TPSA) is 603 Å². The number of hydrogen-bond donors (Lipinski definition) is 20. The van der Waals surface area contributed by atoms with Crippen LogP contribution in [0.1, 0.15) is 176 Å². The Morgan fingerprint density at radius 1 is 0.371 bits per heavy atom. The van der Waals surface area contributed by atoms with Crippen molar-refractivity contribution in [2.24, 2.45) is 5.92 Å². The molecule has 3 aliphatic rings. The van der Waals surface area contributed by atoms with Crippen LogP contribution >= 0.6 is 7.60 Å². The Balaban J connectivity index is 1.58. The van der Waals surface area contributed by atoms with Crippen LogP contribution < -0.4 is 53.2 Å². The van der Waals surface area contributed by atoms with Crippen molar-refractivity contribution in [3.63, 3.8) is 0 Å². The summed E-state index contributed by atoms with van der Waals surface area (Å²) in [4.78, 5) is 137. The highest BCUT2D eigenvalue weighted by molar-refractivity contribution is 7.53. The third kappa shape index (κ3) is 43.4. The maximum absolute atomic E-state index is 13.9. The first-order chi connectivity index (χ1) is 55.4. The summed E-state index contributed by atoms with van der Waals surface area (Å²) in [6.45, 7) is 6.28. The van der Waals surface area contributed by atoms with E-state index in [2.05, 4.69) is 53.2 Å². The molecule has 0 bridgehead atoms. The lowest BCUT2D eigenvalue weighted by molar-refractivity contribution is -0.282. The molecule has 0 aromatic rings. The highest BCUT2D eigenvalue weighted by Crippen LogP contribution is 2.47. The van der Waals surface area contributed by atoms with E-state index in [9.17, 15) is 103 Å². The molecule has 3 heterocycles. The highest BCUT2D eigenvalue weighted by atomic mass is 31.2. The first kappa shape index (κ1) is 104. The number of rotatable bonds is 64. The molecule has 0 aromatic carbocycles. The lowest BCUT2D eigenvalue weighted by Gasteiger charge is -2.42. The van der Waals surface area contributed by atoms with E-state index in [1.165, 1.54) is 13.8 Å². The summed E-state index contributed by atoms with van der Waals surface area (Å²) < 4.78 is 69.2. The molecule has 42 heteroatoms. The number of aliphatic hydroxyl groups excluding tert-OH is 9. The second-order valence-electron chi connectivity index (χ2n) is 29.4. The Labute approximate surface area is 678 Å². The number of aliphatic hydroxyl groups is 9. The fourth-order valence-electron chi connectivity index (χ4n) is 12.1. The van der Waals surface area contributed by atoms with Crippen molar-refractivity contribution in [1.82, 2.24) is 53.2 Å². The number of nitrogens with one attached hydrogen (secondary N) is 10. The molecule has 672 valence electrons. The van der Waals surface area contributed by atoms with Crippen molar-refractivity contribution in [3.05, 3.63) is 0 Å². The number of amides is 10. The minimum absolute atomic E-state index is 0.0101. The molecule has 41 nitrogen and oxygen atoms in total. The summed E-state index contributed by atoms with van der Waals surface area (Å²) in [5.41, 5.74) is -2.04. The summed E-state index contributed by atoms with van der Waals surface area (Å²) in [6, 6.07) is -2.21. The standard InChI is InChI=1S/C74H135N10O31P/c1-48(2)116(104,105)112-38-12-7-6-11-28-75-58(93)23-16-24-62(97)84-74(45-106-39-25-59(94)79-32-17-29-76-55(90)20-8-13-35-109-71-49(3)65(98)66(99)52(42-85)113-71,46-107-40-26-60(95)80-33-18-30-77-56(91)21-9-14-36-110-72-63(82-50(4)88)69(102)67(100)53(43-86)114-72)47-108-41-27-61(96)81-34-19-31-78-57(92)22-10-15-37-111-73-64(83-51(5)89)70(103)68(101)54(44-87)115-73/h48-49,52-54,63-73,85-87,98-103H,6-47H2,1-5H3,(H,75,93)(H,76,90)(H,77,91)(H,78,92)(H,79,94)(H,80,95)(H,81,96)(H,82,88)(H,83,89)(H,84,97)(H,104,105)/t49?,52?,53?,54?,63?,64?,65-,66+,67+,68+,69-,70-,71-,72-,73-,74?/m1/s1. The van der Waals surface area contributed by atoms with Gasteiger partial charge in [0.1, 0.15) is 66.5 Å². The number of hydrogen-bond acceptors (Lipinski definition) is 30. The SMILES string of the molecule is CC(=O)NC1[C@H](OCCCCC(=O)NCCCNC(=O)CCOCC(COCCC(=O)NCCCNC(=O)CCCCO[C@@H]2OC(CO)[C@H](O)[C@H](O)C2C)(COCCC(=O)NCCCNC(=O)CCCCO[C@@H]2OC(CO)[C@H](O)[C@H](O)C2NC(C)=O)NC(=O)CCCC(=O)NCCCCCCOP(=O)(O)C(C)C)OC(CO)[C@H](O)[C@@H]1O. The van der Waals surface area contributed by atoms with Gasteiger partial charge >= 0.3 is 7.60 Å². The van der Waals surface area contributed by atoms with Gasteiger partial charge in [0.05, 0.1) is 77.8 Å². The molecule has 7 unspecified atom stereocenters. The lowest BCUT2D eigenvalue weighted by atomic mass is 9.92. The molecule has 0 aromatic heterocycles. The molecule has 3 aliphatic heterocycles. The van der Waals surface area contributed by atoms with Crippen molar-refractivity contribution >= 4 is 66.7 Å². The fraction of sp³-hybridized carbons (Fsp3) is 0.865. The second-order valence-corrected chi connectivity index (χ2v) is 31.8. The molecule has 10 amide bonds. The molecular formula is C74H135N10O31P. The Kier molecular flexibility index (Phi) is 53.7. The van der Waals surface area contributed by atoms with Crippen LogP contribution in [-0.2, 0) is 99.7 Å². The van der Waals surface area contributed by atoms with Crippen LogP contribution in [0.2, 0.25) is 0 Å². The number of carbonyl (C=O) groups is 10. The van der Waals surface area contributed by atoms with Gasteiger partial charge in [-0.2, -0.15) is 0 Å². The van der Waals surface area contributed by atoms with Crippen LogP contribution in [0.3, 0.4) is 0 Å². The molecule has 3 rings (SSSR count). The summed E-state index contributed by atoms with van der Waals surface area (Å²) in [6.07, 6.45) is -8.48. The molecule has 0 aliphatic carbocycles. The van der Waals surface area contributed by atoms with Gasteiger partial charge in [-0.1, -0.05) is 33.6 Å². The van der Waals surface area contributed by atoms with E-state index in [4.69, 9.17) is 47.2 Å². The number of unbranched alkanes of at least 4 members (excludes halogenated alkanes) is 6. The summed E-state index contributed by atoms with van der Waals surface area (Å²) in [5, 5.41) is 118. The first-order valence-corrected chi connectivity index (χ1v) is 42.2. The molecular weight excluding hydrogens is 1560 g/mol. The fourth-order valence-corrected chi connectivity index (χ4v) is 12.8. The van der Waals surface area contributed by atoms with Gasteiger partial charge in [0.15, 0.2) is 18.9 Å². The zero-order chi connectivity index (χ0) is 85.9. The zero-order valence-corrected chi connectivity index (χ0v) is 68.8. The van der Waals surface area contributed by atoms with E-state index < -0.39 is 166 Å². The molecule has 16 atom stereocenters. The van der Waals surface area contributed by atoms with Crippen LogP contribution in [0, 0.1) is 5.92 Å².